The molecule has 4 heteroatoms. The first-order valence-corrected chi connectivity index (χ1v) is 6.02. The number of carbonyl (C=O) groups is 1. The first kappa shape index (κ1) is 16.1. The predicted molar refractivity (Wildman–Crippen MR) is 66.9 cm³/mol. The molecule has 4 nitrogen and oxygen atoms in total. The van der Waals surface area contributed by atoms with Crippen molar-refractivity contribution in [3.05, 3.63) is 12.2 Å². The minimum atomic E-state index is -0.373. The fourth-order valence-electron chi connectivity index (χ4n) is 0.958. The number of hydrogen-bond acceptors (Lipinski definition) is 4. The van der Waals surface area contributed by atoms with E-state index >= 15 is 0 Å². The van der Waals surface area contributed by atoms with Gasteiger partial charge in [-0.25, -0.2) is 4.79 Å². The minimum Gasteiger partial charge on any atom is -0.460 e. The van der Waals surface area contributed by atoms with Gasteiger partial charge in [-0.15, -0.1) is 0 Å². The lowest BCUT2D eigenvalue weighted by molar-refractivity contribution is -0.140. The SMILES string of the molecule is C=C(C)C(=O)OCCOCCOCCC(C)C. The molecular formula is C13H24O4. The van der Waals surface area contributed by atoms with Gasteiger partial charge in [0.1, 0.15) is 6.61 Å². The largest absolute Gasteiger partial charge is 0.460 e. The highest BCUT2D eigenvalue weighted by molar-refractivity contribution is 5.86. The van der Waals surface area contributed by atoms with Crippen LogP contribution in [0.4, 0.5) is 0 Å². The molecule has 0 aromatic carbocycles. The fourth-order valence-corrected chi connectivity index (χ4v) is 0.958. The zero-order valence-electron chi connectivity index (χ0n) is 11.2. The molecule has 0 N–H and O–H groups in total. The molecule has 17 heavy (non-hydrogen) atoms. The zero-order chi connectivity index (χ0) is 13.1. The van der Waals surface area contributed by atoms with Crippen molar-refractivity contribution in [2.45, 2.75) is 27.2 Å². The van der Waals surface area contributed by atoms with Crippen molar-refractivity contribution < 1.29 is 19.0 Å². The molecule has 0 atom stereocenters. The molecule has 0 aliphatic carbocycles. The van der Waals surface area contributed by atoms with E-state index in [1.807, 2.05) is 0 Å². The molecule has 100 valence electrons. The second-order valence-electron chi connectivity index (χ2n) is 4.32. The van der Waals surface area contributed by atoms with Crippen LogP contribution in [0.25, 0.3) is 0 Å². The van der Waals surface area contributed by atoms with Crippen molar-refractivity contribution >= 4 is 5.97 Å². The predicted octanol–water partition coefficient (Wildman–Crippen LogP) is 2.18. The first-order chi connectivity index (χ1) is 8.04. The van der Waals surface area contributed by atoms with Gasteiger partial charge in [0, 0.05) is 12.2 Å². The van der Waals surface area contributed by atoms with E-state index in [2.05, 4.69) is 20.4 Å². The number of esters is 1. The van der Waals surface area contributed by atoms with Crippen molar-refractivity contribution in [3.63, 3.8) is 0 Å². The summed E-state index contributed by atoms with van der Waals surface area (Å²) in [6.45, 7) is 12.0. The summed E-state index contributed by atoms with van der Waals surface area (Å²) < 4.78 is 15.5. The zero-order valence-corrected chi connectivity index (χ0v) is 11.2. The molecule has 0 heterocycles. The van der Waals surface area contributed by atoms with Crippen molar-refractivity contribution in [2.24, 2.45) is 5.92 Å². The summed E-state index contributed by atoms with van der Waals surface area (Å²) in [5.41, 5.74) is 0.405. The molecule has 0 aliphatic heterocycles. The van der Waals surface area contributed by atoms with E-state index in [-0.39, 0.29) is 12.6 Å². The molecule has 0 fully saturated rings. The Labute approximate surface area is 104 Å². The molecular weight excluding hydrogens is 220 g/mol. The van der Waals surface area contributed by atoms with Crippen LogP contribution in [0.2, 0.25) is 0 Å². The highest BCUT2D eigenvalue weighted by Gasteiger charge is 2.01. The summed E-state index contributed by atoms with van der Waals surface area (Å²) in [5, 5.41) is 0. The van der Waals surface area contributed by atoms with Crippen LogP contribution in [-0.4, -0.2) is 39.0 Å². The van der Waals surface area contributed by atoms with Crippen LogP contribution in [0.1, 0.15) is 27.2 Å². The summed E-state index contributed by atoms with van der Waals surface area (Å²) in [5.74, 6) is 0.291. The van der Waals surface area contributed by atoms with Crippen LogP contribution >= 0.6 is 0 Å². The van der Waals surface area contributed by atoms with Gasteiger partial charge in [-0.2, -0.15) is 0 Å². The van der Waals surface area contributed by atoms with Crippen LogP contribution in [0.5, 0.6) is 0 Å². The second-order valence-corrected chi connectivity index (χ2v) is 4.32. The maximum absolute atomic E-state index is 11.0. The molecule has 0 aromatic heterocycles. The lowest BCUT2D eigenvalue weighted by Gasteiger charge is -2.07. The Kier molecular flexibility index (Phi) is 9.77. The highest BCUT2D eigenvalue weighted by atomic mass is 16.6. The van der Waals surface area contributed by atoms with E-state index < -0.39 is 0 Å². The van der Waals surface area contributed by atoms with Crippen LogP contribution in [-0.2, 0) is 19.0 Å². The average Bonchev–Trinajstić information content (AvgIpc) is 2.25. The average molecular weight is 244 g/mol. The fraction of sp³-hybridized carbons (Fsp3) is 0.769. The lowest BCUT2D eigenvalue weighted by Crippen LogP contribution is -2.13. The van der Waals surface area contributed by atoms with Gasteiger partial charge in [-0.1, -0.05) is 20.4 Å². The monoisotopic (exact) mass is 244 g/mol. The number of ether oxygens (including phenoxy) is 3. The Balaban J connectivity index is 3.14. The van der Waals surface area contributed by atoms with Gasteiger partial charge in [0.15, 0.2) is 0 Å². The smallest absolute Gasteiger partial charge is 0.333 e. The second kappa shape index (κ2) is 10.3. The van der Waals surface area contributed by atoms with Gasteiger partial charge >= 0.3 is 5.97 Å². The van der Waals surface area contributed by atoms with Gasteiger partial charge in [0.25, 0.3) is 0 Å². The van der Waals surface area contributed by atoms with Crippen molar-refractivity contribution in [1.82, 2.24) is 0 Å². The summed E-state index contributed by atoms with van der Waals surface area (Å²) in [6.07, 6.45) is 1.07. The molecule has 0 aliphatic rings. The Morgan fingerprint density at radius 3 is 2.12 bits per heavy atom. The summed E-state index contributed by atoms with van der Waals surface area (Å²) in [4.78, 5) is 11.0. The molecule has 0 unspecified atom stereocenters. The van der Waals surface area contributed by atoms with Gasteiger partial charge in [0.2, 0.25) is 0 Å². The Morgan fingerprint density at radius 2 is 1.59 bits per heavy atom. The first-order valence-electron chi connectivity index (χ1n) is 6.02. The molecule has 0 amide bonds. The van der Waals surface area contributed by atoms with Crippen molar-refractivity contribution in [1.29, 1.82) is 0 Å². The topological polar surface area (TPSA) is 44.8 Å². The molecule has 0 bridgehead atoms. The summed E-state index contributed by atoms with van der Waals surface area (Å²) in [6, 6.07) is 0. The van der Waals surface area contributed by atoms with E-state index in [0.29, 0.717) is 31.3 Å². The van der Waals surface area contributed by atoms with E-state index in [9.17, 15) is 4.79 Å². The number of hydrogen-bond donors (Lipinski definition) is 0. The quantitative estimate of drug-likeness (QED) is 0.336. The van der Waals surface area contributed by atoms with Gasteiger partial charge in [-0.3, -0.25) is 0 Å². The summed E-state index contributed by atoms with van der Waals surface area (Å²) in [7, 11) is 0. The molecule has 0 saturated heterocycles. The number of carbonyl (C=O) groups excluding carboxylic acids is 1. The van der Waals surface area contributed by atoms with Crippen LogP contribution in [0.3, 0.4) is 0 Å². The molecule has 0 saturated carbocycles. The number of rotatable bonds is 10. The normalized spacial score (nSPS) is 10.6. The van der Waals surface area contributed by atoms with Crippen LogP contribution < -0.4 is 0 Å². The van der Waals surface area contributed by atoms with Crippen molar-refractivity contribution in [3.8, 4) is 0 Å². The molecule has 0 rings (SSSR count). The third-order valence-electron chi connectivity index (χ3n) is 2.02. The highest BCUT2D eigenvalue weighted by Crippen LogP contribution is 1.98. The maximum atomic E-state index is 11.0. The Morgan fingerprint density at radius 1 is 1.06 bits per heavy atom. The van der Waals surface area contributed by atoms with Crippen molar-refractivity contribution in [2.75, 3.05) is 33.0 Å². The molecule has 0 spiro atoms. The van der Waals surface area contributed by atoms with Gasteiger partial charge < -0.3 is 14.2 Å². The molecule has 0 radical (unpaired) electrons. The lowest BCUT2D eigenvalue weighted by atomic mass is 10.1. The van der Waals surface area contributed by atoms with Gasteiger partial charge in [-0.05, 0) is 19.3 Å². The van der Waals surface area contributed by atoms with E-state index in [4.69, 9.17) is 14.2 Å². The van der Waals surface area contributed by atoms with Gasteiger partial charge in [0.05, 0.1) is 19.8 Å². The summed E-state index contributed by atoms with van der Waals surface area (Å²) >= 11 is 0. The molecule has 0 aromatic rings. The Hall–Kier alpha value is -0.870. The van der Waals surface area contributed by atoms with E-state index in [0.717, 1.165) is 13.0 Å². The van der Waals surface area contributed by atoms with E-state index in [1.165, 1.54) is 0 Å². The standard InChI is InChI=1S/C13H24O4/c1-11(2)5-6-15-7-8-16-9-10-17-13(14)12(3)4/h11H,3,5-10H2,1-2,4H3. The Bertz CT molecular complexity index is 223. The van der Waals surface area contributed by atoms with Crippen LogP contribution in [0.15, 0.2) is 12.2 Å². The maximum Gasteiger partial charge on any atom is 0.333 e. The van der Waals surface area contributed by atoms with E-state index in [1.54, 1.807) is 6.92 Å². The minimum absolute atomic E-state index is 0.262. The third kappa shape index (κ3) is 11.4. The third-order valence-corrected chi connectivity index (χ3v) is 2.02. The van der Waals surface area contributed by atoms with Crippen LogP contribution in [0, 0.1) is 5.92 Å².